The number of carbonyl (C=O) groups is 2. The third-order valence-electron chi connectivity index (χ3n) is 2.76. The first-order chi connectivity index (χ1) is 8.58. The second-order valence-corrected chi connectivity index (χ2v) is 3.95. The van der Waals surface area contributed by atoms with Gasteiger partial charge in [0.1, 0.15) is 5.69 Å². The molecule has 2 heterocycles. The number of aldehydes is 1. The number of aromatic amines is 1. The van der Waals surface area contributed by atoms with Gasteiger partial charge in [-0.25, -0.2) is 0 Å². The molecule has 0 saturated heterocycles. The number of aryl methyl sites for hydroxylation is 1. The normalized spacial score (nSPS) is 10.6. The Hall–Kier alpha value is -2.24. The van der Waals surface area contributed by atoms with Crippen LogP contribution < -0.4 is 0 Å². The number of rotatable bonds is 4. The zero-order valence-corrected chi connectivity index (χ0v) is 10.4. The van der Waals surface area contributed by atoms with Crippen LogP contribution in [0.25, 0.3) is 11.6 Å². The summed E-state index contributed by atoms with van der Waals surface area (Å²) < 4.78 is 5.01. The molecule has 0 amide bonds. The lowest BCUT2D eigenvalue weighted by Gasteiger charge is -1.94. The van der Waals surface area contributed by atoms with Crippen molar-refractivity contribution in [2.24, 2.45) is 0 Å². The van der Waals surface area contributed by atoms with Gasteiger partial charge >= 0.3 is 0 Å². The molecule has 0 saturated carbocycles. The van der Waals surface area contributed by atoms with E-state index in [9.17, 15) is 9.59 Å². The average Bonchev–Trinajstić information content (AvgIpc) is 2.92. The van der Waals surface area contributed by atoms with Crippen LogP contribution in [-0.4, -0.2) is 27.2 Å². The predicted octanol–water partition coefficient (Wildman–Crippen LogP) is 2.09. The molecule has 0 fully saturated rings. The first-order valence-electron chi connectivity index (χ1n) is 5.60. The number of hydrogen-bond donors (Lipinski definition) is 1. The molecule has 0 aliphatic rings. The SMILES string of the molecule is CCC(=O)c1[nH]c(-c2nc(C)no2)c(C=O)c1C. The second kappa shape index (κ2) is 4.56. The molecule has 2 aromatic rings. The molecule has 6 heteroatoms. The van der Waals surface area contributed by atoms with Crippen molar-refractivity contribution in [1.29, 1.82) is 0 Å². The lowest BCUT2D eigenvalue weighted by atomic mass is 10.1. The van der Waals surface area contributed by atoms with Gasteiger partial charge in [0.2, 0.25) is 0 Å². The number of Topliss-reactive ketones (excluding diaryl/α,β-unsaturated/α-hetero) is 1. The van der Waals surface area contributed by atoms with Gasteiger partial charge in [0.25, 0.3) is 5.89 Å². The second-order valence-electron chi connectivity index (χ2n) is 3.95. The molecule has 0 atom stereocenters. The standard InChI is InChI=1S/C12H13N3O3/c1-4-9(17)10-6(2)8(5-16)11(14-10)12-13-7(3)15-18-12/h5,14H,4H2,1-3H3. The van der Waals surface area contributed by atoms with Crippen LogP contribution >= 0.6 is 0 Å². The van der Waals surface area contributed by atoms with Crippen LogP contribution in [0.4, 0.5) is 0 Å². The van der Waals surface area contributed by atoms with Crippen molar-refractivity contribution in [2.75, 3.05) is 0 Å². The minimum absolute atomic E-state index is 0.0573. The first kappa shape index (κ1) is 12.2. The maximum absolute atomic E-state index is 11.7. The number of carbonyl (C=O) groups excluding carboxylic acids is 2. The highest BCUT2D eigenvalue weighted by molar-refractivity contribution is 6.00. The first-order valence-corrected chi connectivity index (χ1v) is 5.60. The van der Waals surface area contributed by atoms with E-state index in [0.29, 0.717) is 41.0 Å². The van der Waals surface area contributed by atoms with Crippen LogP contribution in [0, 0.1) is 13.8 Å². The van der Waals surface area contributed by atoms with Gasteiger partial charge in [0.15, 0.2) is 17.9 Å². The molecule has 1 N–H and O–H groups in total. The van der Waals surface area contributed by atoms with Gasteiger partial charge in [-0.15, -0.1) is 0 Å². The summed E-state index contributed by atoms with van der Waals surface area (Å²) in [5, 5.41) is 3.67. The minimum Gasteiger partial charge on any atom is -0.347 e. The van der Waals surface area contributed by atoms with E-state index in [0.717, 1.165) is 0 Å². The molecular weight excluding hydrogens is 234 g/mol. The maximum atomic E-state index is 11.7. The zero-order valence-electron chi connectivity index (χ0n) is 10.4. The molecule has 2 aromatic heterocycles. The van der Waals surface area contributed by atoms with Crippen LogP contribution in [0.5, 0.6) is 0 Å². The Morgan fingerprint density at radius 1 is 1.44 bits per heavy atom. The molecular formula is C12H13N3O3. The van der Waals surface area contributed by atoms with Crippen LogP contribution in [0.15, 0.2) is 4.52 Å². The summed E-state index contributed by atoms with van der Waals surface area (Å²) in [6, 6.07) is 0. The minimum atomic E-state index is -0.0573. The van der Waals surface area contributed by atoms with E-state index in [-0.39, 0.29) is 11.7 Å². The van der Waals surface area contributed by atoms with Crippen molar-refractivity contribution in [3.63, 3.8) is 0 Å². The number of nitrogens with zero attached hydrogens (tertiary/aromatic N) is 2. The molecule has 0 radical (unpaired) electrons. The Balaban J connectivity index is 2.61. The van der Waals surface area contributed by atoms with E-state index >= 15 is 0 Å². The largest absolute Gasteiger partial charge is 0.347 e. The molecule has 0 aliphatic heterocycles. The smallest absolute Gasteiger partial charge is 0.275 e. The Morgan fingerprint density at radius 3 is 2.67 bits per heavy atom. The molecule has 2 rings (SSSR count). The van der Waals surface area contributed by atoms with E-state index in [1.54, 1.807) is 20.8 Å². The van der Waals surface area contributed by atoms with E-state index in [1.807, 2.05) is 0 Å². The highest BCUT2D eigenvalue weighted by atomic mass is 16.5. The van der Waals surface area contributed by atoms with Crippen LogP contribution in [0.1, 0.15) is 45.6 Å². The zero-order chi connectivity index (χ0) is 13.3. The van der Waals surface area contributed by atoms with Gasteiger partial charge in [0.05, 0.1) is 5.69 Å². The van der Waals surface area contributed by atoms with Gasteiger partial charge in [-0.2, -0.15) is 4.98 Å². The molecule has 6 nitrogen and oxygen atoms in total. The molecule has 0 aromatic carbocycles. The van der Waals surface area contributed by atoms with Crippen LogP contribution in [0.2, 0.25) is 0 Å². The molecule has 18 heavy (non-hydrogen) atoms. The van der Waals surface area contributed by atoms with Crippen LogP contribution in [-0.2, 0) is 0 Å². The quantitative estimate of drug-likeness (QED) is 0.660. The van der Waals surface area contributed by atoms with Crippen molar-refractivity contribution in [2.45, 2.75) is 27.2 Å². The van der Waals surface area contributed by atoms with Crippen molar-refractivity contribution < 1.29 is 14.1 Å². The number of hydrogen-bond acceptors (Lipinski definition) is 5. The predicted molar refractivity (Wildman–Crippen MR) is 63.6 cm³/mol. The number of nitrogens with one attached hydrogen (secondary N) is 1. The summed E-state index contributed by atoms with van der Waals surface area (Å²) in [7, 11) is 0. The van der Waals surface area contributed by atoms with Gasteiger partial charge < -0.3 is 9.51 Å². The van der Waals surface area contributed by atoms with Crippen molar-refractivity contribution in [3.05, 3.63) is 22.6 Å². The lowest BCUT2D eigenvalue weighted by Crippen LogP contribution is -1.99. The third kappa shape index (κ3) is 1.85. The Bertz CT molecular complexity index is 610. The fourth-order valence-electron chi connectivity index (χ4n) is 1.78. The topological polar surface area (TPSA) is 88.8 Å². The molecule has 0 aliphatic carbocycles. The molecule has 94 valence electrons. The van der Waals surface area contributed by atoms with Gasteiger partial charge in [-0.1, -0.05) is 12.1 Å². The highest BCUT2D eigenvalue weighted by Crippen LogP contribution is 2.26. The highest BCUT2D eigenvalue weighted by Gasteiger charge is 2.21. The van der Waals surface area contributed by atoms with Gasteiger partial charge in [-0.05, 0) is 19.4 Å². The fourth-order valence-corrected chi connectivity index (χ4v) is 1.78. The summed E-state index contributed by atoms with van der Waals surface area (Å²) >= 11 is 0. The summed E-state index contributed by atoms with van der Waals surface area (Å²) in [6.07, 6.45) is 1.05. The maximum Gasteiger partial charge on any atom is 0.275 e. The monoisotopic (exact) mass is 247 g/mol. The van der Waals surface area contributed by atoms with E-state index < -0.39 is 0 Å². The summed E-state index contributed by atoms with van der Waals surface area (Å²) in [5.41, 5.74) is 1.82. The Kier molecular flexibility index (Phi) is 3.10. The molecule has 0 unspecified atom stereocenters. The summed E-state index contributed by atoms with van der Waals surface area (Å²) in [4.78, 5) is 29.8. The summed E-state index contributed by atoms with van der Waals surface area (Å²) in [5.74, 6) is 0.628. The molecule has 0 spiro atoms. The summed E-state index contributed by atoms with van der Waals surface area (Å²) in [6.45, 7) is 5.16. The fraction of sp³-hybridized carbons (Fsp3) is 0.333. The van der Waals surface area contributed by atoms with Crippen LogP contribution in [0.3, 0.4) is 0 Å². The van der Waals surface area contributed by atoms with Crippen molar-refractivity contribution in [1.82, 2.24) is 15.1 Å². The van der Waals surface area contributed by atoms with E-state index in [2.05, 4.69) is 15.1 Å². The van der Waals surface area contributed by atoms with Gasteiger partial charge in [0, 0.05) is 12.0 Å². The Labute approximate surface area is 103 Å². The van der Waals surface area contributed by atoms with Gasteiger partial charge in [-0.3, -0.25) is 9.59 Å². The number of H-pyrrole nitrogens is 1. The number of aromatic nitrogens is 3. The lowest BCUT2D eigenvalue weighted by molar-refractivity contribution is 0.0983. The number of ketones is 1. The Morgan fingerprint density at radius 2 is 2.17 bits per heavy atom. The average molecular weight is 247 g/mol. The van der Waals surface area contributed by atoms with Crippen molar-refractivity contribution in [3.8, 4) is 11.6 Å². The van der Waals surface area contributed by atoms with Crippen molar-refractivity contribution >= 4 is 12.1 Å². The molecule has 0 bridgehead atoms. The third-order valence-corrected chi connectivity index (χ3v) is 2.76. The van der Waals surface area contributed by atoms with E-state index in [1.165, 1.54) is 0 Å². The van der Waals surface area contributed by atoms with E-state index in [4.69, 9.17) is 4.52 Å².